The van der Waals surface area contributed by atoms with Gasteiger partial charge in [0.15, 0.2) is 11.5 Å². The van der Waals surface area contributed by atoms with Gasteiger partial charge in [0.1, 0.15) is 0 Å². The van der Waals surface area contributed by atoms with Gasteiger partial charge in [-0.05, 0) is 12.3 Å². The number of aryl methyl sites for hydroxylation is 1. The summed E-state index contributed by atoms with van der Waals surface area (Å²) in [6.45, 7) is 3.14. The molecule has 2 aromatic heterocycles. The van der Waals surface area contributed by atoms with Gasteiger partial charge in [-0.15, -0.1) is 11.3 Å². The van der Waals surface area contributed by atoms with Crippen LogP contribution in [0.3, 0.4) is 0 Å². The molecule has 0 aliphatic carbocycles. The summed E-state index contributed by atoms with van der Waals surface area (Å²) in [7, 11) is 2.00. The van der Waals surface area contributed by atoms with Crippen molar-refractivity contribution in [3.8, 4) is 0 Å². The molecule has 19 heavy (non-hydrogen) atoms. The highest BCUT2D eigenvalue weighted by Crippen LogP contribution is 2.30. The van der Waals surface area contributed by atoms with Crippen LogP contribution >= 0.6 is 35.3 Å². The topological polar surface area (TPSA) is 36.6 Å². The zero-order valence-corrected chi connectivity index (χ0v) is 13.5. The Morgan fingerprint density at radius 1 is 1.47 bits per heavy atom. The van der Waals surface area contributed by atoms with Crippen molar-refractivity contribution in [1.29, 1.82) is 0 Å². The Morgan fingerprint density at radius 3 is 3.00 bits per heavy atom. The smallest absolute Gasteiger partial charge is 0.197 e. The molecule has 0 spiro atoms. The predicted octanol–water partition coefficient (Wildman–Crippen LogP) is 3.69. The van der Waals surface area contributed by atoms with Crippen molar-refractivity contribution in [3.05, 3.63) is 21.5 Å². The summed E-state index contributed by atoms with van der Waals surface area (Å²) < 4.78 is 7.85. The van der Waals surface area contributed by atoms with Gasteiger partial charge in [-0.25, -0.2) is 0 Å². The molecule has 0 atom stereocenters. The maximum Gasteiger partial charge on any atom is 0.197 e. The van der Waals surface area contributed by atoms with Crippen molar-refractivity contribution < 1.29 is 9.52 Å². The van der Waals surface area contributed by atoms with E-state index in [4.69, 9.17) is 21.7 Å². The molecule has 3 nitrogen and oxygen atoms in total. The Balaban J connectivity index is 2.15. The molecule has 0 saturated carbocycles. The van der Waals surface area contributed by atoms with E-state index in [9.17, 15) is 0 Å². The standard InChI is InChI=1S/C13H17NO2S3/c1-9-8-19-13-10(17)7-11(16-12(9)13)14(2)3-5-18-6-4-15/h7-8,15H,3-6H2,1-2H3. The van der Waals surface area contributed by atoms with E-state index in [2.05, 4.69) is 10.3 Å². The molecular formula is C13H17NO2S3. The number of anilines is 1. The minimum absolute atomic E-state index is 0.231. The number of thioether (sulfide) groups is 1. The van der Waals surface area contributed by atoms with E-state index in [0.717, 1.165) is 44.3 Å². The molecule has 0 unspecified atom stereocenters. The Labute approximate surface area is 126 Å². The van der Waals surface area contributed by atoms with Crippen molar-refractivity contribution in [3.63, 3.8) is 0 Å². The van der Waals surface area contributed by atoms with Crippen molar-refractivity contribution in [1.82, 2.24) is 0 Å². The first kappa shape index (κ1) is 14.8. The second-order valence-corrected chi connectivity index (χ2v) is 6.83. The van der Waals surface area contributed by atoms with Gasteiger partial charge in [-0.3, -0.25) is 0 Å². The quantitative estimate of drug-likeness (QED) is 0.650. The summed E-state index contributed by atoms with van der Waals surface area (Å²) in [4.78, 5) is 2.07. The SMILES string of the molecule is Cc1csc2c(=S)cc(N(C)CCSCCO)oc12. The van der Waals surface area contributed by atoms with Gasteiger partial charge < -0.3 is 14.4 Å². The van der Waals surface area contributed by atoms with Crippen LogP contribution in [0.25, 0.3) is 10.3 Å². The number of rotatable bonds is 6. The van der Waals surface area contributed by atoms with Gasteiger partial charge in [0.2, 0.25) is 0 Å². The molecule has 0 aliphatic rings. The molecule has 0 fully saturated rings. The first-order valence-electron chi connectivity index (χ1n) is 6.05. The number of thiophene rings is 1. The minimum atomic E-state index is 0.231. The van der Waals surface area contributed by atoms with Crippen molar-refractivity contribution in [2.45, 2.75) is 6.92 Å². The van der Waals surface area contributed by atoms with E-state index in [-0.39, 0.29) is 6.61 Å². The van der Waals surface area contributed by atoms with E-state index in [0.29, 0.717) is 0 Å². The van der Waals surface area contributed by atoms with Crippen LogP contribution in [0.15, 0.2) is 15.9 Å². The third-order valence-corrected chi connectivity index (χ3v) is 5.29. The van der Waals surface area contributed by atoms with Crippen molar-refractivity contribution in [2.75, 3.05) is 36.6 Å². The highest BCUT2D eigenvalue weighted by atomic mass is 32.2. The number of nitrogens with zero attached hydrogens (tertiary/aromatic N) is 1. The van der Waals surface area contributed by atoms with Gasteiger partial charge in [-0.1, -0.05) is 12.2 Å². The molecule has 0 aromatic carbocycles. The maximum absolute atomic E-state index is 8.74. The third kappa shape index (κ3) is 3.51. The van der Waals surface area contributed by atoms with E-state index >= 15 is 0 Å². The van der Waals surface area contributed by atoms with Gasteiger partial charge >= 0.3 is 0 Å². The second-order valence-electron chi connectivity index (χ2n) is 4.28. The summed E-state index contributed by atoms with van der Waals surface area (Å²) in [5.74, 6) is 2.54. The molecule has 0 aliphatic heterocycles. The molecule has 0 radical (unpaired) electrons. The normalized spacial score (nSPS) is 11.1. The lowest BCUT2D eigenvalue weighted by atomic mass is 10.3. The number of hydrogen-bond donors (Lipinski definition) is 1. The highest BCUT2D eigenvalue weighted by molar-refractivity contribution is 7.99. The van der Waals surface area contributed by atoms with Crippen LogP contribution in [0.1, 0.15) is 5.56 Å². The first-order valence-corrected chi connectivity index (χ1v) is 8.49. The van der Waals surface area contributed by atoms with Gasteiger partial charge in [0, 0.05) is 36.7 Å². The van der Waals surface area contributed by atoms with Crippen LogP contribution < -0.4 is 4.90 Å². The molecular weight excluding hydrogens is 298 g/mol. The lowest BCUT2D eigenvalue weighted by Gasteiger charge is -2.17. The average Bonchev–Trinajstić information content (AvgIpc) is 2.77. The Kier molecular flexibility index (Phi) is 5.27. The summed E-state index contributed by atoms with van der Waals surface area (Å²) in [5.41, 5.74) is 2.04. The number of aliphatic hydroxyl groups is 1. The van der Waals surface area contributed by atoms with Gasteiger partial charge in [0.05, 0.1) is 15.8 Å². The van der Waals surface area contributed by atoms with Crippen molar-refractivity contribution in [2.24, 2.45) is 0 Å². The lowest BCUT2D eigenvalue weighted by Crippen LogP contribution is -2.20. The molecule has 1 N–H and O–H groups in total. The molecule has 2 heterocycles. The molecule has 6 heteroatoms. The van der Waals surface area contributed by atoms with Crippen molar-refractivity contribution >= 4 is 51.5 Å². The average molecular weight is 315 g/mol. The highest BCUT2D eigenvalue weighted by Gasteiger charge is 2.10. The Bertz CT molecular complexity index is 605. The Hall–Kier alpha value is -0.560. The summed E-state index contributed by atoms with van der Waals surface area (Å²) in [6.07, 6.45) is 0. The molecule has 0 amide bonds. The molecule has 104 valence electrons. The third-order valence-electron chi connectivity index (χ3n) is 2.79. The zero-order chi connectivity index (χ0) is 13.8. The van der Waals surface area contributed by atoms with Crippen LogP contribution in [0.5, 0.6) is 0 Å². The molecule has 2 rings (SSSR count). The van der Waals surface area contributed by atoms with Crippen LogP contribution in [-0.4, -0.2) is 36.8 Å². The van der Waals surface area contributed by atoms with Crippen LogP contribution in [0, 0.1) is 11.4 Å². The summed E-state index contributed by atoms with van der Waals surface area (Å²) >= 11 is 8.78. The maximum atomic E-state index is 8.74. The van der Waals surface area contributed by atoms with E-state index < -0.39 is 0 Å². The molecule has 2 aromatic rings. The summed E-state index contributed by atoms with van der Waals surface area (Å²) in [6, 6.07) is 1.92. The largest absolute Gasteiger partial charge is 0.439 e. The molecule has 0 saturated heterocycles. The van der Waals surface area contributed by atoms with E-state index in [1.165, 1.54) is 0 Å². The predicted molar refractivity (Wildman–Crippen MR) is 87.3 cm³/mol. The zero-order valence-electron chi connectivity index (χ0n) is 11.0. The van der Waals surface area contributed by atoms with E-state index in [1.807, 2.05) is 20.0 Å². The first-order chi connectivity index (χ1) is 9.13. The fourth-order valence-electron chi connectivity index (χ4n) is 1.71. The van der Waals surface area contributed by atoms with Crippen LogP contribution in [-0.2, 0) is 0 Å². The van der Waals surface area contributed by atoms with Crippen LogP contribution in [0.2, 0.25) is 0 Å². The summed E-state index contributed by atoms with van der Waals surface area (Å²) in [5, 5.41) is 10.8. The Morgan fingerprint density at radius 2 is 2.26 bits per heavy atom. The number of aliphatic hydroxyl groups excluding tert-OH is 1. The lowest BCUT2D eigenvalue weighted by molar-refractivity contribution is 0.322. The fourth-order valence-corrected chi connectivity index (χ4v) is 3.67. The minimum Gasteiger partial charge on any atom is -0.439 e. The molecule has 0 bridgehead atoms. The number of fused-ring (bicyclic) bond motifs is 1. The second kappa shape index (κ2) is 6.74. The van der Waals surface area contributed by atoms with Gasteiger partial charge in [0.25, 0.3) is 0 Å². The van der Waals surface area contributed by atoms with Crippen LogP contribution in [0.4, 0.5) is 5.88 Å². The number of hydrogen-bond acceptors (Lipinski definition) is 6. The van der Waals surface area contributed by atoms with Gasteiger partial charge in [-0.2, -0.15) is 11.8 Å². The van der Waals surface area contributed by atoms with E-state index in [1.54, 1.807) is 23.1 Å². The monoisotopic (exact) mass is 315 g/mol. The fraction of sp³-hybridized carbons (Fsp3) is 0.462.